The third-order valence-corrected chi connectivity index (χ3v) is 2.68. The number of aromatic carboxylic acids is 1. The molecule has 1 aromatic carbocycles. The van der Waals surface area contributed by atoms with E-state index in [2.05, 4.69) is 10.4 Å². The molecule has 0 fully saturated rings. The van der Waals surface area contributed by atoms with Gasteiger partial charge in [0.2, 0.25) is 0 Å². The van der Waals surface area contributed by atoms with Crippen LogP contribution in [0, 0.1) is 10.1 Å². The summed E-state index contributed by atoms with van der Waals surface area (Å²) in [5.41, 5.74) is 0.447. The monoisotopic (exact) mass is 276 g/mol. The summed E-state index contributed by atoms with van der Waals surface area (Å²) in [7, 11) is 0. The van der Waals surface area contributed by atoms with Gasteiger partial charge in [0.1, 0.15) is 5.69 Å². The molecular weight excluding hydrogens is 264 g/mol. The van der Waals surface area contributed by atoms with E-state index in [-0.39, 0.29) is 16.9 Å². The lowest BCUT2D eigenvalue weighted by molar-refractivity contribution is -0.383. The fourth-order valence-electron chi connectivity index (χ4n) is 1.68. The minimum Gasteiger partial charge on any atom is -0.478 e. The predicted molar refractivity (Wildman–Crippen MR) is 71.2 cm³/mol. The zero-order valence-electron chi connectivity index (χ0n) is 10.6. The molecule has 0 atom stereocenters. The average molecular weight is 276 g/mol. The summed E-state index contributed by atoms with van der Waals surface area (Å²) in [6.07, 6.45) is 3.19. The average Bonchev–Trinajstić information content (AvgIpc) is 2.86. The van der Waals surface area contributed by atoms with Gasteiger partial charge in [-0.2, -0.15) is 5.10 Å². The van der Waals surface area contributed by atoms with Gasteiger partial charge in [-0.3, -0.25) is 14.8 Å². The molecule has 8 nitrogen and oxygen atoms in total. The van der Waals surface area contributed by atoms with Gasteiger partial charge in [-0.25, -0.2) is 4.79 Å². The van der Waals surface area contributed by atoms with Crippen LogP contribution < -0.4 is 5.32 Å². The molecule has 2 rings (SSSR count). The molecule has 2 N–H and O–H groups in total. The summed E-state index contributed by atoms with van der Waals surface area (Å²) in [5.74, 6) is -1.15. The Morgan fingerprint density at radius 1 is 1.55 bits per heavy atom. The maximum absolute atomic E-state index is 11.0. The Morgan fingerprint density at radius 3 is 2.85 bits per heavy atom. The third kappa shape index (κ3) is 2.74. The van der Waals surface area contributed by atoms with Crippen LogP contribution in [0.2, 0.25) is 0 Å². The summed E-state index contributed by atoms with van der Waals surface area (Å²) < 4.78 is 1.65. The Labute approximate surface area is 113 Å². The highest BCUT2D eigenvalue weighted by atomic mass is 16.6. The van der Waals surface area contributed by atoms with E-state index in [1.165, 1.54) is 18.3 Å². The second-order valence-corrected chi connectivity index (χ2v) is 4.00. The highest BCUT2D eigenvalue weighted by Gasteiger charge is 2.17. The van der Waals surface area contributed by atoms with Crippen LogP contribution in [0.15, 0.2) is 30.6 Å². The molecule has 0 amide bonds. The van der Waals surface area contributed by atoms with Crippen LogP contribution in [0.5, 0.6) is 0 Å². The summed E-state index contributed by atoms with van der Waals surface area (Å²) in [6.45, 7) is 2.57. The van der Waals surface area contributed by atoms with Crippen LogP contribution in [0.3, 0.4) is 0 Å². The summed E-state index contributed by atoms with van der Waals surface area (Å²) in [5, 5.41) is 26.7. The van der Waals surface area contributed by atoms with Crippen molar-refractivity contribution in [1.29, 1.82) is 0 Å². The minimum absolute atomic E-state index is 0.0269. The summed E-state index contributed by atoms with van der Waals surface area (Å²) >= 11 is 0. The Morgan fingerprint density at radius 2 is 2.30 bits per heavy atom. The molecule has 0 aliphatic carbocycles. The SMILES string of the molecule is CCn1cc(Nc2cc(C(=O)O)ccc2[N+](=O)[O-])cn1. The lowest BCUT2D eigenvalue weighted by atomic mass is 10.1. The molecule has 8 heteroatoms. The molecule has 2 aromatic rings. The number of hydrogen-bond acceptors (Lipinski definition) is 5. The first-order chi connectivity index (χ1) is 9.51. The van der Waals surface area contributed by atoms with E-state index in [1.54, 1.807) is 10.9 Å². The van der Waals surface area contributed by atoms with Crippen molar-refractivity contribution in [2.45, 2.75) is 13.5 Å². The van der Waals surface area contributed by atoms with Crippen LogP contribution in [0.1, 0.15) is 17.3 Å². The molecule has 20 heavy (non-hydrogen) atoms. The number of nitrogens with one attached hydrogen (secondary N) is 1. The number of anilines is 2. The minimum atomic E-state index is -1.15. The Balaban J connectivity index is 2.39. The van der Waals surface area contributed by atoms with E-state index < -0.39 is 10.9 Å². The van der Waals surface area contributed by atoms with Crippen molar-refractivity contribution >= 4 is 23.0 Å². The maximum Gasteiger partial charge on any atom is 0.335 e. The van der Waals surface area contributed by atoms with E-state index in [9.17, 15) is 14.9 Å². The first-order valence-corrected chi connectivity index (χ1v) is 5.82. The number of carbonyl (C=O) groups is 1. The van der Waals surface area contributed by atoms with Gasteiger partial charge < -0.3 is 10.4 Å². The van der Waals surface area contributed by atoms with E-state index in [0.29, 0.717) is 12.2 Å². The number of aromatic nitrogens is 2. The Kier molecular flexibility index (Phi) is 3.65. The van der Waals surface area contributed by atoms with Crippen molar-refractivity contribution in [3.8, 4) is 0 Å². The van der Waals surface area contributed by atoms with E-state index in [1.807, 2.05) is 6.92 Å². The molecule has 0 aliphatic heterocycles. The lowest BCUT2D eigenvalue weighted by Crippen LogP contribution is -2.01. The van der Waals surface area contributed by atoms with Crippen molar-refractivity contribution in [2.75, 3.05) is 5.32 Å². The van der Waals surface area contributed by atoms with Crippen molar-refractivity contribution in [2.24, 2.45) is 0 Å². The summed E-state index contributed by atoms with van der Waals surface area (Å²) in [6, 6.07) is 3.58. The van der Waals surface area contributed by atoms with E-state index >= 15 is 0 Å². The largest absolute Gasteiger partial charge is 0.478 e. The second-order valence-electron chi connectivity index (χ2n) is 4.00. The van der Waals surface area contributed by atoms with Gasteiger partial charge in [-0.1, -0.05) is 0 Å². The van der Waals surface area contributed by atoms with Crippen molar-refractivity contribution in [3.05, 3.63) is 46.3 Å². The van der Waals surface area contributed by atoms with Gasteiger partial charge in [-0.05, 0) is 19.1 Å². The molecular formula is C12H12N4O4. The number of benzene rings is 1. The highest BCUT2D eigenvalue weighted by Crippen LogP contribution is 2.28. The zero-order chi connectivity index (χ0) is 14.7. The van der Waals surface area contributed by atoms with Crippen molar-refractivity contribution in [1.82, 2.24) is 9.78 Å². The first-order valence-electron chi connectivity index (χ1n) is 5.82. The van der Waals surface area contributed by atoms with Crippen molar-refractivity contribution in [3.63, 3.8) is 0 Å². The van der Waals surface area contributed by atoms with Gasteiger partial charge in [0.25, 0.3) is 5.69 Å². The molecule has 104 valence electrons. The fourth-order valence-corrected chi connectivity index (χ4v) is 1.68. The first kappa shape index (κ1) is 13.5. The normalized spacial score (nSPS) is 10.2. The van der Waals surface area contributed by atoms with Crippen molar-refractivity contribution < 1.29 is 14.8 Å². The molecule has 1 heterocycles. The zero-order valence-corrected chi connectivity index (χ0v) is 10.6. The van der Waals surface area contributed by atoms with Crippen LogP contribution in [0.4, 0.5) is 17.1 Å². The second kappa shape index (κ2) is 5.39. The lowest BCUT2D eigenvalue weighted by Gasteiger charge is -2.05. The van der Waals surface area contributed by atoms with Gasteiger partial charge >= 0.3 is 5.97 Å². The standard InChI is InChI=1S/C12H12N4O4/c1-2-15-7-9(6-13-15)14-10-5-8(12(17)18)3-4-11(10)16(19)20/h3-7,14H,2H2,1H3,(H,17,18). The predicted octanol–water partition coefficient (Wildman–Crippen LogP) is 2.25. The van der Waals surface area contributed by atoms with Crippen LogP contribution in [-0.2, 0) is 6.54 Å². The number of hydrogen-bond donors (Lipinski definition) is 2. The Hall–Kier alpha value is -2.90. The molecule has 0 radical (unpaired) electrons. The highest BCUT2D eigenvalue weighted by molar-refractivity contribution is 5.90. The smallest absolute Gasteiger partial charge is 0.335 e. The number of carboxylic acids is 1. The number of aryl methyl sites for hydroxylation is 1. The van der Waals surface area contributed by atoms with Crippen LogP contribution >= 0.6 is 0 Å². The molecule has 1 aromatic heterocycles. The van der Waals surface area contributed by atoms with Gasteiger partial charge in [0.05, 0.1) is 22.4 Å². The van der Waals surface area contributed by atoms with Gasteiger partial charge in [-0.15, -0.1) is 0 Å². The molecule has 0 aliphatic rings. The molecule has 0 saturated heterocycles. The number of nitrogens with zero attached hydrogens (tertiary/aromatic N) is 3. The number of rotatable bonds is 5. The maximum atomic E-state index is 11.0. The molecule has 0 unspecified atom stereocenters. The number of carboxylic acid groups (broad SMARTS) is 1. The van der Waals surface area contributed by atoms with Crippen LogP contribution in [-0.4, -0.2) is 25.8 Å². The third-order valence-electron chi connectivity index (χ3n) is 2.68. The van der Waals surface area contributed by atoms with Crippen LogP contribution in [0.25, 0.3) is 0 Å². The number of nitro benzene ring substituents is 1. The number of nitro groups is 1. The molecule has 0 saturated carbocycles. The van der Waals surface area contributed by atoms with Gasteiger partial charge in [0, 0.05) is 18.8 Å². The quantitative estimate of drug-likeness (QED) is 0.640. The Bertz CT molecular complexity index is 665. The molecule has 0 bridgehead atoms. The summed E-state index contributed by atoms with van der Waals surface area (Å²) in [4.78, 5) is 21.3. The fraction of sp³-hybridized carbons (Fsp3) is 0.167. The molecule has 0 spiro atoms. The topological polar surface area (TPSA) is 110 Å². The van der Waals surface area contributed by atoms with E-state index in [4.69, 9.17) is 5.11 Å². The van der Waals surface area contributed by atoms with Gasteiger partial charge in [0.15, 0.2) is 0 Å². The van der Waals surface area contributed by atoms with E-state index in [0.717, 1.165) is 6.07 Å².